The lowest BCUT2D eigenvalue weighted by Crippen LogP contribution is -2.16. The number of aliphatic hydroxyl groups excluding tert-OH is 1. The maximum atomic E-state index is 10.5. The highest BCUT2D eigenvalue weighted by atomic mass is 32.2. The molecule has 0 saturated heterocycles. The smallest absolute Gasteiger partial charge is 0.143 e. The van der Waals surface area contributed by atoms with Crippen molar-refractivity contribution in [1.82, 2.24) is 4.98 Å². The van der Waals surface area contributed by atoms with Gasteiger partial charge in [0.25, 0.3) is 0 Å². The lowest BCUT2D eigenvalue weighted by molar-refractivity contribution is 0.165. The average Bonchev–Trinajstić information content (AvgIpc) is 2.90. The molecule has 1 N–H and O–H groups in total. The van der Waals surface area contributed by atoms with Crippen LogP contribution < -0.4 is 4.74 Å². The first-order valence-corrected chi connectivity index (χ1v) is 7.09. The molecule has 3 rings (SSSR count). The largest absolute Gasteiger partial charge is 0.495 e. The molecule has 0 bridgehead atoms. The molecule has 2 aromatic rings. The average molecular weight is 273 g/mol. The Labute approximate surface area is 116 Å². The number of benzene rings is 1. The summed E-state index contributed by atoms with van der Waals surface area (Å²) in [5, 5.41) is 10.6. The molecule has 0 aliphatic carbocycles. The second-order valence-electron chi connectivity index (χ2n) is 4.50. The standard InChI is InChI=1S/C15H15NO2S/c1-18-11-6-4-8-16-14(11)15(17)13-9-10-5-2-3-7-12(10)19-13/h2-8,13,15,17H,9H2,1H3. The summed E-state index contributed by atoms with van der Waals surface area (Å²) >= 11 is 1.71. The molecule has 1 aromatic heterocycles. The summed E-state index contributed by atoms with van der Waals surface area (Å²) in [5.74, 6) is 0.645. The van der Waals surface area contributed by atoms with Crippen molar-refractivity contribution in [2.75, 3.05) is 7.11 Å². The molecule has 0 radical (unpaired) electrons. The summed E-state index contributed by atoms with van der Waals surface area (Å²) in [6.45, 7) is 0. The van der Waals surface area contributed by atoms with Gasteiger partial charge in [0.2, 0.25) is 0 Å². The zero-order chi connectivity index (χ0) is 13.2. The minimum Gasteiger partial charge on any atom is -0.495 e. The van der Waals surface area contributed by atoms with Gasteiger partial charge in [-0.05, 0) is 30.2 Å². The maximum absolute atomic E-state index is 10.5. The SMILES string of the molecule is COc1cccnc1C(O)C1Cc2ccccc2S1. The van der Waals surface area contributed by atoms with Gasteiger partial charge in [0.15, 0.2) is 0 Å². The normalized spacial score (nSPS) is 18.9. The monoisotopic (exact) mass is 273 g/mol. The summed E-state index contributed by atoms with van der Waals surface area (Å²) in [4.78, 5) is 5.52. The van der Waals surface area contributed by atoms with Crippen molar-refractivity contribution in [3.05, 3.63) is 53.9 Å². The predicted octanol–water partition coefficient (Wildman–Crippen LogP) is 2.84. The molecule has 0 amide bonds. The number of thioether (sulfide) groups is 1. The number of aliphatic hydroxyl groups is 1. The van der Waals surface area contributed by atoms with Gasteiger partial charge in [0.1, 0.15) is 17.5 Å². The van der Waals surface area contributed by atoms with Crippen LogP contribution >= 0.6 is 11.8 Å². The number of hydrogen-bond acceptors (Lipinski definition) is 4. The molecule has 1 aliphatic heterocycles. The van der Waals surface area contributed by atoms with Crippen LogP contribution in [0.3, 0.4) is 0 Å². The van der Waals surface area contributed by atoms with E-state index >= 15 is 0 Å². The molecule has 0 saturated carbocycles. The first-order chi connectivity index (χ1) is 9.29. The van der Waals surface area contributed by atoms with Gasteiger partial charge in [-0.1, -0.05) is 18.2 Å². The van der Waals surface area contributed by atoms with E-state index in [9.17, 15) is 5.11 Å². The van der Waals surface area contributed by atoms with E-state index in [0.29, 0.717) is 11.4 Å². The Morgan fingerprint density at radius 2 is 2.16 bits per heavy atom. The lowest BCUT2D eigenvalue weighted by Gasteiger charge is -2.18. The van der Waals surface area contributed by atoms with Crippen LogP contribution in [0.1, 0.15) is 17.4 Å². The summed E-state index contributed by atoms with van der Waals surface area (Å²) in [6.07, 6.45) is 1.93. The van der Waals surface area contributed by atoms with Gasteiger partial charge in [0, 0.05) is 16.3 Å². The van der Waals surface area contributed by atoms with Crippen LogP contribution in [-0.4, -0.2) is 22.5 Å². The van der Waals surface area contributed by atoms with Gasteiger partial charge in [-0.25, -0.2) is 0 Å². The molecule has 0 fully saturated rings. The summed E-state index contributed by atoms with van der Waals surface area (Å²) in [7, 11) is 1.60. The Bertz CT molecular complexity index is 563. The van der Waals surface area contributed by atoms with E-state index in [4.69, 9.17) is 4.74 Å². The minimum absolute atomic E-state index is 0.0983. The zero-order valence-corrected chi connectivity index (χ0v) is 11.4. The third-order valence-corrected chi connectivity index (χ3v) is 4.70. The molecular weight excluding hydrogens is 258 g/mol. The van der Waals surface area contributed by atoms with Gasteiger partial charge in [0.05, 0.1) is 7.11 Å². The Hall–Kier alpha value is -1.52. The van der Waals surface area contributed by atoms with Crippen molar-refractivity contribution in [3.63, 3.8) is 0 Å². The van der Waals surface area contributed by atoms with Crippen molar-refractivity contribution in [3.8, 4) is 5.75 Å². The van der Waals surface area contributed by atoms with E-state index in [1.54, 1.807) is 25.1 Å². The predicted molar refractivity (Wildman–Crippen MR) is 75.5 cm³/mol. The van der Waals surface area contributed by atoms with E-state index in [2.05, 4.69) is 17.1 Å². The number of ether oxygens (including phenoxy) is 1. The van der Waals surface area contributed by atoms with Gasteiger partial charge in [-0.15, -0.1) is 11.8 Å². The molecule has 2 atom stereocenters. The van der Waals surface area contributed by atoms with Gasteiger partial charge in [-0.3, -0.25) is 4.98 Å². The van der Waals surface area contributed by atoms with Gasteiger partial charge < -0.3 is 9.84 Å². The Kier molecular flexibility index (Phi) is 3.44. The molecular formula is C15H15NO2S. The van der Waals surface area contributed by atoms with Crippen molar-refractivity contribution in [1.29, 1.82) is 0 Å². The number of hydrogen-bond donors (Lipinski definition) is 1. The first-order valence-electron chi connectivity index (χ1n) is 6.21. The minimum atomic E-state index is -0.617. The fourth-order valence-electron chi connectivity index (χ4n) is 2.36. The van der Waals surface area contributed by atoms with Crippen molar-refractivity contribution >= 4 is 11.8 Å². The molecule has 19 heavy (non-hydrogen) atoms. The van der Waals surface area contributed by atoms with Crippen molar-refractivity contribution in [2.24, 2.45) is 0 Å². The third-order valence-electron chi connectivity index (χ3n) is 3.32. The summed E-state index contributed by atoms with van der Waals surface area (Å²) in [5.41, 5.74) is 1.92. The highest BCUT2D eigenvalue weighted by molar-refractivity contribution is 8.00. The van der Waals surface area contributed by atoms with Crippen LogP contribution in [0, 0.1) is 0 Å². The van der Waals surface area contributed by atoms with E-state index in [1.165, 1.54) is 10.5 Å². The Morgan fingerprint density at radius 1 is 1.32 bits per heavy atom. The highest BCUT2D eigenvalue weighted by Gasteiger charge is 2.31. The zero-order valence-electron chi connectivity index (χ0n) is 10.6. The highest BCUT2D eigenvalue weighted by Crippen LogP contribution is 2.43. The number of rotatable bonds is 3. The Balaban J connectivity index is 1.85. The van der Waals surface area contributed by atoms with Crippen LogP contribution in [0.15, 0.2) is 47.5 Å². The van der Waals surface area contributed by atoms with Crippen LogP contribution in [0.25, 0.3) is 0 Å². The lowest BCUT2D eigenvalue weighted by atomic mass is 10.0. The summed E-state index contributed by atoms with van der Waals surface area (Å²) < 4.78 is 5.27. The number of methoxy groups -OCH3 is 1. The van der Waals surface area contributed by atoms with E-state index in [0.717, 1.165) is 6.42 Å². The maximum Gasteiger partial charge on any atom is 0.143 e. The van der Waals surface area contributed by atoms with Gasteiger partial charge >= 0.3 is 0 Å². The molecule has 1 aromatic carbocycles. The fourth-order valence-corrected chi connectivity index (χ4v) is 3.67. The second kappa shape index (κ2) is 5.23. The molecule has 98 valence electrons. The number of nitrogens with zero attached hydrogens (tertiary/aromatic N) is 1. The van der Waals surface area contributed by atoms with Gasteiger partial charge in [-0.2, -0.15) is 0 Å². The molecule has 0 spiro atoms. The van der Waals surface area contributed by atoms with Crippen LogP contribution in [0.2, 0.25) is 0 Å². The molecule has 3 nitrogen and oxygen atoms in total. The van der Waals surface area contributed by atoms with E-state index in [1.807, 2.05) is 24.3 Å². The molecule has 2 heterocycles. The van der Waals surface area contributed by atoms with E-state index in [-0.39, 0.29) is 5.25 Å². The third kappa shape index (κ3) is 2.33. The number of fused-ring (bicyclic) bond motifs is 1. The quantitative estimate of drug-likeness (QED) is 0.933. The Morgan fingerprint density at radius 3 is 2.95 bits per heavy atom. The van der Waals surface area contributed by atoms with Crippen LogP contribution in [0.5, 0.6) is 5.75 Å². The molecule has 1 aliphatic rings. The summed E-state index contributed by atoms with van der Waals surface area (Å²) in [6, 6.07) is 11.9. The number of aromatic nitrogens is 1. The molecule has 4 heteroatoms. The van der Waals surface area contributed by atoms with Crippen LogP contribution in [-0.2, 0) is 6.42 Å². The van der Waals surface area contributed by atoms with Crippen LogP contribution in [0.4, 0.5) is 0 Å². The number of pyridine rings is 1. The molecule has 2 unspecified atom stereocenters. The second-order valence-corrected chi connectivity index (χ2v) is 5.78. The van der Waals surface area contributed by atoms with Crippen molar-refractivity contribution in [2.45, 2.75) is 22.7 Å². The van der Waals surface area contributed by atoms with Crippen molar-refractivity contribution < 1.29 is 9.84 Å². The fraction of sp³-hybridized carbons (Fsp3) is 0.267. The van der Waals surface area contributed by atoms with E-state index < -0.39 is 6.10 Å². The first kappa shape index (κ1) is 12.5. The topological polar surface area (TPSA) is 42.4 Å².